The second-order valence-corrected chi connectivity index (χ2v) is 12.1. The average Bonchev–Trinajstić information content (AvgIpc) is 2.89. The number of sulfonamides is 1. The van der Waals surface area contributed by atoms with E-state index in [1.54, 1.807) is 43.3 Å². The van der Waals surface area contributed by atoms with Gasteiger partial charge in [-0.25, -0.2) is 8.42 Å². The SMILES string of the molecule is CCCNC(=O)[C@H](C)N(Cc1cccc(Br)c1)C(=O)CN(c1ccc(Cl)cc1)S(=O)(=O)c1ccc(C)cc1. The Labute approximate surface area is 238 Å². The molecule has 0 radical (unpaired) electrons. The molecule has 0 heterocycles. The van der Waals surface area contributed by atoms with Gasteiger partial charge in [0.25, 0.3) is 10.0 Å². The Hall–Kier alpha value is -2.88. The van der Waals surface area contributed by atoms with Crippen molar-refractivity contribution in [3.05, 3.63) is 93.4 Å². The van der Waals surface area contributed by atoms with Gasteiger partial charge in [0.1, 0.15) is 12.6 Å². The highest BCUT2D eigenvalue weighted by atomic mass is 79.9. The van der Waals surface area contributed by atoms with Gasteiger partial charge in [0.05, 0.1) is 10.6 Å². The molecule has 10 heteroatoms. The fraction of sp³-hybridized carbons (Fsp3) is 0.286. The van der Waals surface area contributed by atoms with Crippen LogP contribution < -0.4 is 9.62 Å². The van der Waals surface area contributed by atoms with Crippen LogP contribution in [0.25, 0.3) is 0 Å². The molecule has 0 spiro atoms. The molecule has 3 aromatic carbocycles. The molecule has 3 rings (SSSR count). The zero-order chi connectivity index (χ0) is 27.9. The van der Waals surface area contributed by atoms with Gasteiger partial charge in [-0.3, -0.25) is 13.9 Å². The van der Waals surface area contributed by atoms with Crippen LogP contribution in [0.4, 0.5) is 5.69 Å². The summed E-state index contributed by atoms with van der Waals surface area (Å²) in [4.78, 5) is 28.2. The molecule has 0 bridgehead atoms. The smallest absolute Gasteiger partial charge is 0.264 e. The van der Waals surface area contributed by atoms with Gasteiger partial charge in [-0.1, -0.05) is 64.3 Å². The molecule has 202 valence electrons. The molecular weight excluding hydrogens is 590 g/mol. The van der Waals surface area contributed by atoms with Crippen LogP contribution in [0.1, 0.15) is 31.4 Å². The number of rotatable bonds is 11. The van der Waals surface area contributed by atoms with E-state index in [1.165, 1.54) is 17.0 Å². The van der Waals surface area contributed by atoms with E-state index < -0.39 is 28.5 Å². The highest BCUT2D eigenvalue weighted by Gasteiger charge is 2.32. The number of nitrogens with one attached hydrogen (secondary N) is 1. The van der Waals surface area contributed by atoms with Crippen molar-refractivity contribution < 1.29 is 18.0 Å². The summed E-state index contributed by atoms with van der Waals surface area (Å²) < 4.78 is 29.4. The number of benzene rings is 3. The Bertz CT molecular complexity index is 1370. The van der Waals surface area contributed by atoms with Crippen molar-refractivity contribution in [2.24, 2.45) is 0 Å². The van der Waals surface area contributed by atoms with E-state index in [2.05, 4.69) is 21.2 Å². The third kappa shape index (κ3) is 7.58. The monoisotopic (exact) mass is 619 g/mol. The number of aryl methyl sites for hydroxylation is 1. The number of halogens is 2. The summed E-state index contributed by atoms with van der Waals surface area (Å²) in [5, 5.41) is 3.26. The molecule has 38 heavy (non-hydrogen) atoms. The molecule has 0 fully saturated rings. The zero-order valence-electron chi connectivity index (χ0n) is 21.5. The predicted molar refractivity (Wildman–Crippen MR) is 155 cm³/mol. The van der Waals surface area contributed by atoms with Gasteiger partial charge in [0.2, 0.25) is 11.8 Å². The quantitative estimate of drug-likeness (QED) is 0.305. The van der Waals surface area contributed by atoms with Gasteiger partial charge in [0, 0.05) is 22.6 Å². The Morgan fingerprint density at radius 3 is 2.29 bits per heavy atom. The van der Waals surface area contributed by atoms with Crippen LogP contribution in [0.15, 0.2) is 82.2 Å². The van der Waals surface area contributed by atoms with Gasteiger partial charge in [0.15, 0.2) is 0 Å². The standard InChI is InChI=1S/C28H31BrClN3O4S/c1-4-16-31-28(35)21(3)32(18-22-6-5-7-23(29)17-22)27(34)19-33(25-12-10-24(30)11-13-25)38(36,37)26-14-8-20(2)9-15-26/h5-15,17,21H,4,16,18-19H2,1-3H3,(H,31,35)/t21-/m0/s1. The molecule has 7 nitrogen and oxygen atoms in total. The van der Waals surface area contributed by atoms with Gasteiger partial charge in [-0.2, -0.15) is 0 Å². The Morgan fingerprint density at radius 2 is 1.68 bits per heavy atom. The van der Waals surface area contributed by atoms with Crippen LogP contribution in [0, 0.1) is 6.92 Å². The van der Waals surface area contributed by atoms with Crippen LogP contribution >= 0.6 is 27.5 Å². The van der Waals surface area contributed by atoms with Crippen molar-refractivity contribution in [2.45, 2.75) is 44.7 Å². The third-order valence-corrected chi connectivity index (χ3v) is 8.49. The molecule has 0 aliphatic rings. The molecule has 0 aliphatic carbocycles. The number of carbonyl (C=O) groups excluding carboxylic acids is 2. The lowest BCUT2D eigenvalue weighted by atomic mass is 10.1. The lowest BCUT2D eigenvalue weighted by Gasteiger charge is -2.32. The lowest BCUT2D eigenvalue weighted by molar-refractivity contribution is -0.139. The fourth-order valence-corrected chi connectivity index (χ4v) is 5.77. The van der Waals surface area contributed by atoms with Crippen LogP contribution in [0.3, 0.4) is 0 Å². The predicted octanol–water partition coefficient (Wildman–Crippen LogP) is 5.55. The number of anilines is 1. The number of hydrogen-bond acceptors (Lipinski definition) is 4. The summed E-state index contributed by atoms with van der Waals surface area (Å²) >= 11 is 9.49. The number of carbonyl (C=O) groups is 2. The van der Waals surface area contributed by atoms with Gasteiger partial charge in [-0.05, 0) is 74.4 Å². The first-order valence-corrected chi connectivity index (χ1v) is 14.8. The molecule has 0 aliphatic heterocycles. The molecule has 3 aromatic rings. The van der Waals surface area contributed by atoms with Gasteiger partial charge in [-0.15, -0.1) is 0 Å². The molecule has 2 amide bonds. The second kappa shape index (κ2) is 13.3. The maximum absolute atomic E-state index is 13.8. The van der Waals surface area contributed by atoms with Crippen molar-refractivity contribution >= 4 is 55.1 Å². The van der Waals surface area contributed by atoms with Crippen molar-refractivity contribution in [2.75, 3.05) is 17.4 Å². The maximum atomic E-state index is 13.8. The van der Waals surface area contributed by atoms with Crippen LogP contribution in [-0.2, 0) is 26.2 Å². The van der Waals surface area contributed by atoms with Gasteiger partial charge < -0.3 is 10.2 Å². The topological polar surface area (TPSA) is 86.8 Å². The van der Waals surface area contributed by atoms with Crippen molar-refractivity contribution in [3.63, 3.8) is 0 Å². The number of hydrogen-bond donors (Lipinski definition) is 1. The molecule has 0 saturated carbocycles. The minimum atomic E-state index is -4.12. The summed E-state index contributed by atoms with van der Waals surface area (Å²) in [5.74, 6) is -0.829. The molecule has 1 N–H and O–H groups in total. The summed E-state index contributed by atoms with van der Waals surface area (Å²) in [6.45, 7) is 5.54. The van der Waals surface area contributed by atoms with E-state index in [0.29, 0.717) is 11.6 Å². The molecule has 1 atom stereocenters. The zero-order valence-corrected chi connectivity index (χ0v) is 24.7. The van der Waals surface area contributed by atoms with Crippen LogP contribution in [0.5, 0.6) is 0 Å². The first-order valence-electron chi connectivity index (χ1n) is 12.2. The minimum absolute atomic E-state index is 0.0538. The first-order chi connectivity index (χ1) is 18.0. The third-order valence-electron chi connectivity index (χ3n) is 5.96. The molecule has 0 aromatic heterocycles. The van der Waals surface area contributed by atoms with Gasteiger partial charge >= 0.3 is 0 Å². The summed E-state index contributed by atoms with van der Waals surface area (Å²) in [5.41, 5.74) is 1.99. The normalized spacial score (nSPS) is 12.0. The van der Waals surface area contributed by atoms with E-state index in [4.69, 9.17) is 11.6 Å². The average molecular weight is 621 g/mol. The highest BCUT2D eigenvalue weighted by molar-refractivity contribution is 9.10. The Balaban J connectivity index is 2.01. The van der Waals surface area contributed by atoms with Crippen molar-refractivity contribution in [3.8, 4) is 0 Å². The summed E-state index contributed by atoms with van der Waals surface area (Å²) in [6, 6.07) is 19.3. The minimum Gasteiger partial charge on any atom is -0.354 e. The fourth-order valence-electron chi connectivity index (χ4n) is 3.78. The lowest BCUT2D eigenvalue weighted by Crippen LogP contribution is -2.51. The largest absolute Gasteiger partial charge is 0.354 e. The summed E-state index contributed by atoms with van der Waals surface area (Å²) in [7, 11) is -4.12. The first kappa shape index (κ1) is 29.7. The highest BCUT2D eigenvalue weighted by Crippen LogP contribution is 2.26. The molecule has 0 unspecified atom stereocenters. The van der Waals surface area contributed by atoms with Crippen molar-refractivity contribution in [1.82, 2.24) is 10.2 Å². The van der Waals surface area contributed by atoms with Crippen LogP contribution in [-0.4, -0.2) is 44.3 Å². The second-order valence-electron chi connectivity index (χ2n) is 8.92. The Kier molecular flexibility index (Phi) is 10.4. The van der Waals surface area contributed by atoms with Crippen LogP contribution in [0.2, 0.25) is 5.02 Å². The molecule has 0 saturated heterocycles. The molecular formula is C28H31BrClN3O4S. The van der Waals surface area contributed by atoms with E-state index in [1.807, 2.05) is 38.1 Å². The number of nitrogens with zero attached hydrogens (tertiary/aromatic N) is 2. The Morgan fingerprint density at radius 1 is 1.03 bits per heavy atom. The van der Waals surface area contributed by atoms with E-state index in [0.717, 1.165) is 26.3 Å². The van der Waals surface area contributed by atoms with E-state index in [9.17, 15) is 18.0 Å². The van der Waals surface area contributed by atoms with E-state index >= 15 is 0 Å². The summed E-state index contributed by atoms with van der Waals surface area (Å²) in [6.07, 6.45) is 0.747. The van der Waals surface area contributed by atoms with E-state index in [-0.39, 0.29) is 23.0 Å². The van der Waals surface area contributed by atoms with Crippen molar-refractivity contribution in [1.29, 1.82) is 0 Å². The maximum Gasteiger partial charge on any atom is 0.264 e. The number of amides is 2.